The minimum atomic E-state index is -0.482. The number of hydrogen-bond acceptors (Lipinski definition) is 4. The van der Waals surface area contributed by atoms with E-state index in [-0.39, 0.29) is 11.5 Å². The summed E-state index contributed by atoms with van der Waals surface area (Å²) in [6.45, 7) is 6.97. The summed E-state index contributed by atoms with van der Waals surface area (Å²) in [6.07, 6.45) is 8.92. The van der Waals surface area contributed by atoms with Crippen LogP contribution in [0.5, 0.6) is 5.75 Å². The number of carbonyl (C=O) groups excluding carboxylic acids is 2. The van der Waals surface area contributed by atoms with Crippen molar-refractivity contribution in [2.45, 2.75) is 65.7 Å². The van der Waals surface area contributed by atoms with E-state index in [4.69, 9.17) is 4.74 Å². The molecule has 1 aliphatic rings. The minimum Gasteiger partial charge on any atom is -0.494 e. The predicted octanol–water partition coefficient (Wildman–Crippen LogP) is 5.43. The summed E-state index contributed by atoms with van der Waals surface area (Å²) >= 11 is 0. The fourth-order valence-corrected chi connectivity index (χ4v) is 3.40. The van der Waals surface area contributed by atoms with Gasteiger partial charge >= 0.3 is 0 Å². The van der Waals surface area contributed by atoms with Crippen LogP contribution in [0.2, 0.25) is 0 Å². The highest BCUT2D eigenvalue weighted by Gasteiger charge is 2.34. The molecule has 2 amide bonds. The highest BCUT2D eigenvalue weighted by molar-refractivity contribution is 6.19. The van der Waals surface area contributed by atoms with Gasteiger partial charge in [0.05, 0.1) is 6.61 Å². The third kappa shape index (κ3) is 6.06. The maximum atomic E-state index is 13.0. The van der Waals surface area contributed by atoms with Crippen molar-refractivity contribution in [2.75, 3.05) is 13.2 Å². The standard InChI is InChI=1S/C25H32N2O3/c1-4-6-8-9-15-27-24(28)22(19(3)23(18-26)25(27)29)17-20-11-13-21(14-12-20)30-16-10-7-5-2/h11-14,17H,4-10,15-16H2,1-3H3/b22-17+. The first kappa shape index (κ1) is 23.4. The molecule has 0 fully saturated rings. The average molecular weight is 409 g/mol. The highest BCUT2D eigenvalue weighted by atomic mass is 16.5. The number of benzene rings is 1. The van der Waals surface area contributed by atoms with Crippen LogP contribution >= 0.6 is 0 Å². The molecular formula is C25H32N2O3. The van der Waals surface area contributed by atoms with Crippen molar-refractivity contribution in [1.29, 1.82) is 5.26 Å². The molecule has 1 aliphatic heterocycles. The van der Waals surface area contributed by atoms with E-state index in [0.717, 1.165) is 56.3 Å². The number of hydrogen-bond donors (Lipinski definition) is 0. The number of carbonyl (C=O) groups is 2. The monoisotopic (exact) mass is 408 g/mol. The Kier molecular flexibility index (Phi) is 9.34. The Morgan fingerprint density at radius 2 is 1.63 bits per heavy atom. The average Bonchev–Trinajstić information content (AvgIpc) is 2.75. The van der Waals surface area contributed by atoms with Crippen LogP contribution in [0, 0.1) is 11.3 Å². The number of imide groups is 1. The molecule has 0 saturated heterocycles. The van der Waals surface area contributed by atoms with Crippen LogP contribution in [-0.2, 0) is 9.59 Å². The van der Waals surface area contributed by atoms with Gasteiger partial charge < -0.3 is 4.74 Å². The maximum Gasteiger partial charge on any atom is 0.271 e. The first-order valence-corrected chi connectivity index (χ1v) is 11.0. The zero-order valence-corrected chi connectivity index (χ0v) is 18.4. The van der Waals surface area contributed by atoms with E-state index in [9.17, 15) is 14.9 Å². The maximum absolute atomic E-state index is 13.0. The molecule has 1 aromatic carbocycles. The first-order valence-electron chi connectivity index (χ1n) is 11.0. The summed E-state index contributed by atoms with van der Waals surface area (Å²) < 4.78 is 5.73. The SMILES string of the molecule is CCCCCCN1C(=O)C(C#N)=C(C)/C(=C\c2ccc(OCCCCC)cc2)C1=O. The smallest absolute Gasteiger partial charge is 0.271 e. The molecule has 30 heavy (non-hydrogen) atoms. The van der Waals surface area contributed by atoms with Crippen LogP contribution in [0.4, 0.5) is 0 Å². The van der Waals surface area contributed by atoms with Crippen molar-refractivity contribution in [3.63, 3.8) is 0 Å². The molecule has 5 nitrogen and oxygen atoms in total. The minimum absolute atomic E-state index is 0.0484. The summed E-state index contributed by atoms with van der Waals surface area (Å²) in [7, 11) is 0. The molecule has 0 spiro atoms. The van der Waals surface area contributed by atoms with Gasteiger partial charge in [-0.25, -0.2) is 0 Å². The number of nitrogens with zero attached hydrogens (tertiary/aromatic N) is 2. The van der Waals surface area contributed by atoms with Crippen LogP contribution in [-0.4, -0.2) is 29.9 Å². The summed E-state index contributed by atoms with van der Waals surface area (Å²) in [4.78, 5) is 26.8. The number of unbranched alkanes of at least 4 members (excludes halogenated alkanes) is 5. The zero-order chi connectivity index (χ0) is 21.9. The van der Waals surface area contributed by atoms with Crippen molar-refractivity contribution in [1.82, 2.24) is 4.90 Å². The number of nitriles is 1. The van der Waals surface area contributed by atoms with Gasteiger partial charge in [-0.2, -0.15) is 5.26 Å². The topological polar surface area (TPSA) is 70.4 Å². The molecule has 2 rings (SSSR count). The van der Waals surface area contributed by atoms with Gasteiger partial charge in [0.15, 0.2) is 0 Å². The van der Waals surface area contributed by atoms with Gasteiger partial charge in [-0.05, 0) is 49.1 Å². The fourth-order valence-electron chi connectivity index (χ4n) is 3.40. The van der Waals surface area contributed by atoms with Gasteiger partial charge in [-0.3, -0.25) is 14.5 Å². The van der Waals surface area contributed by atoms with Gasteiger partial charge in [-0.1, -0.05) is 58.1 Å². The van der Waals surface area contributed by atoms with Gasteiger partial charge in [0.1, 0.15) is 17.4 Å². The van der Waals surface area contributed by atoms with E-state index in [1.165, 1.54) is 4.90 Å². The Balaban J connectivity index is 2.19. The Hall–Kier alpha value is -2.87. The molecule has 0 unspecified atom stereocenters. The summed E-state index contributed by atoms with van der Waals surface area (Å²) in [6, 6.07) is 9.52. The second-order valence-corrected chi connectivity index (χ2v) is 7.62. The van der Waals surface area contributed by atoms with Crippen molar-refractivity contribution < 1.29 is 14.3 Å². The number of amides is 2. The predicted molar refractivity (Wildman–Crippen MR) is 119 cm³/mol. The molecule has 160 valence electrons. The molecule has 5 heteroatoms. The zero-order valence-electron chi connectivity index (χ0n) is 18.4. The quantitative estimate of drug-likeness (QED) is 0.278. The van der Waals surface area contributed by atoms with Crippen LogP contribution in [0.1, 0.15) is 71.3 Å². The summed E-state index contributed by atoms with van der Waals surface area (Å²) in [5.74, 6) is -0.0155. The van der Waals surface area contributed by atoms with Crippen LogP contribution in [0.15, 0.2) is 41.0 Å². The van der Waals surface area contributed by atoms with Crippen molar-refractivity contribution in [3.8, 4) is 11.8 Å². The van der Waals surface area contributed by atoms with Crippen molar-refractivity contribution >= 4 is 17.9 Å². The second kappa shape index (κ2) is 12.0. The van der Waals surface area contributed by atoms with E-state index in [0.29, 0.717) is 24.3 Å². The van der Waals surface area contributed by atoms with Crippen molar-refractivity contribution in [2.24, 2.45) is 0 Å². The molecule has 0 saturated carbocycles. The molecule has 0 atom stereocenters. The molecular weight excluding hydrogens is 376 g/mol. The summed E-state index contributed by atoms with van der Waals surface area (Å²) in [5, 5.41) is 9.48. The molecule has 0 aliphatic carbocycles. The Bertz CT molecular complexity index is 844. The molecule has 1 aromatic rings. The Morgan fingerprint density at radius 1 is 0.967 bits per heavy atom. The largest absolute Gasteiger partial charge is 0.494 e. The molecule has 0 aromatic heterocycles. The van der Waals surface area contributed by atoms with Crippen molar-refractivity contribution in [3.05, 3.63) is 46.5 Å². The lowest BCUT2D eigenvalue weighted by molar-refractivity contribution is -0.140. The lowest BCUT2D eigenvalue weighted by atomic mass is 9.93. The van der Waals surface area contributed by atoms with Crippen LogP contribution < -0.4 is 4.74 Å². The van der Waals surface area contributed by atoms with E-state index in [1.54, 1.807) is 13.0 Å². The Morgan fingerprint density at radius 3 is 2.27 bits per heavy atom. The number of ether oxygens (including phenoxy) is 1. The lowest BCUT2D eigenvalue weighted by Crippen LogP contribution is -2.43. The van der Waals surface area contributed by atoms with E-state index in [2.05, 4.69) is 13.8 Å². The van der Waals surface area contributed by atoms with E-state index < -0.39 is 5.91 Å². The first-order chi connectivity index (χ1) is 14.5. The molecule has 0 radical (unpaired) electrons. The molecule has 0 N–H and O–H groups in total. The second-order valence-electron chi connectivity index (χ2n) is 7.62. The van der Waals surface area contributed by atoms with Gasteiger partial charge in [0.25, 0.3) is 11.8 Å². The Labute approximate surface area is 180 Å². The number of rotatable bonds is 11. The van der Waals surface area contributed by atoms with E-state index >= 15 is 0 Å². The van der Waals surface area contributed by atoms with Crippen LogP contribution in [0.3, 0.4) is 0 Å². The lowest BCUT2D eigenvalue weighted by Gasteiger charge is -2.27. The normalized spacial score (nSPS) is 15.7. The van der Waals surface area contributed by atoms with Gasteiger partial charge in [0.2, 0.25) is 0 Å². The third-order valence-corrected chi connectivity index (χ3v) is 5.27. The molecule has 0 bridgehead atoms. The third-order valence-electron chi connectivity index (χ3n) is 5.27. The van der Waals surface area contributed by atoms with E-state index in [1.807, 2.05) is 30.3 Å². The fraction of sp³-hybridized carbons (Fsp3) is 0.480. The van der Waals surface area contributed by atoms with Gasteiger partial charge in [-0.15, -0.1) is 0 Å². The van der Waals surface area contributed by atoms with Gasteiger partial charge in [0, 0.05) is 12.1 Å². The molecule has 1 heterocycles. The van der Waals surface area contributed by atoms with Crippen LogP contribution in [0.25, 0.3) is 6.08 Å². The highest BCUT2D eigenvalue weighted by Crippen LogP contribution is 2.27. The summed E-state index contributed by atoms with van der Waals surface area (Å²) in [5.41, 5.74) is 1.72.